The van der Waals surface area contributed by atoms with Crippen molar-refractivity contribution in [3.05, 3.63) is 16.1 Å². The van der Waals surface area contributed by atoms with Crippen molar-refractivity contribution < 1.29 is 13.2 Å². The predicted molar refractivity (Wildman–Crippen MR) is 79.6 cm³/mol. The summed E-state index contributed by atoms with van der Waals surface area (Å²) in [5, 5.41) is 2.83. The van der Waals surface area contributed by atoms with Crippen molar-refractivity contribution in [2.75, 3.05) is 12.0 Å². The van der Waals surface area contributed by atoms with Gasteiger partial charge in [-0.2, -0.15) is 0 Å². The van der Waals surface area contributed by atoms with Gasteiger partial charge in [0, 0.05) is 23.7 Å². The quantitative estimate of drug-likeness (QED) is 0.796. The number of amides is 1. The normalized spacial score (nSPS) is 16.9. The molecule has 1 aliphatic carbocycles. The van der Waals surface area contributed by atoms with Crippen LogP contribution < -0.4 is 0 Å². The molecule has 2 rings (SSSR count). The molecule has 7 heteroatoms. The van der Waals surface area contributed by atoms with Gasteiger partial charge in [0.25, 0.3) is 0 Å². The number of nitrogens with zero attached hydrogens (tertiary/aromatic N) is 2. The Morgan fingerprint density at radius 2 is 2.20 bits per heavy atom. The minimum absolute atomic E-state index is 0.0192. The second-order valence-electron chi connectivity index (χ2n) is 5.51. The number of aryl methyl sites for hydroxylation is 1. The monoisotopic (exact) mass is 316 g/mol. The molecule has 1 amide bonds. The summed E-state index contributed by atoms with van der Waals surface area (Å²) >= 11 is 1.52. The maximum Gasteiger partial charge on any atom is 0.229 e. The number of rotatable bonds is 6. The van der Waals surface area contributed by atoms with Crippen LogP contribution in [0, 0.1) is 6.92 Å². The molecule has 1 saturated carbocycles. The molecule has 0 N–H and O–H groups in total. The van der Waals surface area contributed by atoms with Crippen LogP contribution in [0.1, 0.15) is 30.5 Å². The van der Waals surface area contributed by atoms with Crippen LogP contribution in [0.2, 0.25) is 0 Å². The first-order valence-corrected chi connectivity index (χ1v) is 9.60. The Balaban J connectivity index is 2.06. The van der Waals surface area contributed by atoms with Crippen LogP contribution in [0.4, 0.5) is 0 Å². The number of carbonyl (C=O) groups is 1. The second kappa shape index (κ2) is 5.81. The zero-order valence-corrected chi connectivity index (χ0v) is 13.6. The summed E-state index contributed by atoms with van der Waals surface area (Å²) in [6.45, 7) is 3.72. The molecule has 1 aliphatic rings. The van der Waals surface area contributed by atoms with Gasteiger partial charge in [-0.15, -0.1) is 11.3 Å². The molecule has 0 aliphatic heterocycles. The summed E-state index contributed by atoms with van der Waals surface area (Å²) in [7, 11) is -3.08. The summed E-state index contributed by atoms with van der Waals surface area (Å²) in [6, 6.07) is -0.0660. The molecule has 0 bridgehead atoms. The Morgan fingerprint density at radius 1 is 1.55 bits per heavy atom. The van der Waals surface area contributed by atoms with Crippen LogP contribution in [0.3, 0.4) is 0 Å². The highest BCUT2D eigenvalue weighted by molar-refractivity contribution is 7.90. The standard InChI is InChI=1S/C13H20N2O3S2/c1-9(8-20(3,17)18)15(12-4-5-12)13(16)6-11-7-19-10(2)14-11/h7,9,12H,4-6,8H2,1-3H3. The third-order valence-electron chi connectivity index (χ3n) is 3.25. The second-order valence-corrected chi connectivity index (χ2v) is 8.76. The SMILES string of the molecule is Cc1nc(CC(=O)N(C(C)CS(C)(=O)=O)C2CC2)cs1. The minimum atomic E-state index is -3.08. The molecule has 0 aromatic carbocycles. The van der Waals surface area contributed by atoms with Crippen molar-refractivity contribution in [1.29, 1.82) is 0 Å². The Kier molecular flexibility index (Phi) is 4.49. The number of carbonyl (C=O) groups excluding carboxylic acids is 1. The molecule has 1 aromatic heterocycles. The highest BCUT2D eigenvalue weighted by Gasteiger charge is 2.36. The van der Waals surface area contributed by atoms with Crippen LogP contribution in [0.5, 0.6) is 0 Å². The van der Waals surface area contributed by atoms with E-state index in [1.54, 1.807) is 4.90 Å². The Bertz CT molecular complexity index is 591. The van der Waals surface area contributed by atoms with Gasteiger partial charge in [0.05, 0.1) is 22.9 Å². The zero-order valence-electron chi connectivity index (χ0n) is 12.0. The lowest BCUT2D eigenvalue weighted by atomic mass is 10.2. The van der Waals surface area contributed by atoms with Crippen LogP contribution in [0.25, 0.3) is 0 Å². The topological polar surface area (TPSA) is 67.3 Å². The van der Waals surface area contributed by atoms with Gasteiger partial charge in [-0.05, 0) is 26.7 Å². The zero-order chi connectivity index (χ0) is 14.9. The van der Waals surface area contributed by atoms with Crippen LogP contribution >= 0.6 is 11.3 Å². The van der Waals surface area contributed by atoms with Crippen molar-refractivity contribution in [2.45, 2.75) is 45.2 Å². The van der Waals surface area contributed by atoms with Crippen molar-refractivity contribution in [3.8, 4) is 0 Å². The summed E-state index contributed by atoms with van der Waals surface area (Å²) < 4.78 is 22.8. The molecule has 0 spiro atoms. The van der Waals surface area contributed by atoms with Crippen LogP contribution in [0.15, 0.2) is 5.38 Å². The van der Waals surface area contributed by atoms with E-state index in [1.807, 2.05) is 19.2 Å². The molecule has 1 unspecified atom stereocenters. The minimum Gasteiger partial charge on any atom is -0.336 e. The lowest BCUT2D eigenvalue weighted by molar-refractivity contribution is -0.132. The molecule has 1 aromatic rings. The van der Waals surface area contributed by atoms with Gasteiger partial charge in [0.1, 0.15) is 9.84 Å². The average Bonchev–Trinajstić information content (AvgIpc) is 3.00. The van der Waals surface area contributed by atoms with Gasteiger partial charge in [0.2, 0.25) is 5.91 Å². The van der Waals surface area contributed by atoms with Gasteiger partial charge < -0.3 is 4.90 Å². The van der Waals surface area contributed by atoms with Crippen LogP contribution in [-0.4, -0.2) is 48.3 Å². The van der Waals surface area contributed by atoms with E-state index in [-0.39, 0.29) is 30.2 Å². The van der Waals surface area contributed by atoms with Gasteiger partial charge in [-0.25, -0.2) is 13.4 Å². The fourth-order valence-corrected chi connectivity index (χ4v) is 4.07. The van der Waals surface area contributed by atoms with E-state index in [9.17, 15) is 13.2 Å². The van der Waals surface area contributed by atoms with Crippen molar-refractivity contribution in [3.63, 3.8) is 0 Å². The van der Waals surface area contributed by atoms with Crippen molar-refractivity contribution >= 4 is 27.1 Å². The first kappa shape index (κ1) is 15.4. The fraction of sp³-hybridized carbons (Fsp3) is 0.692. The molecule has 0 saturated heterocycles. The number of hydrogen-bond donors (Lipinski definition) is 0. The molecule has 20 heavy (non-hydrogen) atoms. The lowest BCUT2D eigenvalue weighted by Gasteiger charge is -2.28. The fourth-order valence-electron chi connectivity index (χ4n) is 2.42. The van der Waals surface area contributed by atoms with E-state index in [0.29, 0.717) is 0 Å². The molecule has 5 nitrogen and oxygen atoms in total. The van der Waals surface area contributed by atoms with Gasteiger partial charge in [-0.1, -0.05) is 0 Å². The highest BCUT2D eigenvalue weighted by Crippen LogP contribution is 2.29. The summed E-state index contributed by atoms with van der Waals surface area (Å²) in [4.78, 5) is 18.5. The van der Waals surface area contributed by atoms with Crippen LogP contribution in [-0.2, 0) is 21.1 Å². The number of hydrogen-bond acceptors (Lipinski definition) is 5. The third-order valence-corrected chi connectivity index (χ3v) is 5.16. The smallest absolute Gasteiger partial charge is 0.229 e. The molecular formula is C13H20N2O3S2. The van der Waals surface area contributed by atoms with Gasteiger partial charge in [-0.3, -0.25) is 4.79 Å². The molecule has 1 fully saturated rings. The van der Waals surface area contributed by atoms with E-state index in [4.69, 9.17) is 0 Å². The number of thiazole rings is 1. The van der Waals surface area contributed by atoms with E-state index in [1.165, 1.54) is 17.6 Å². The summed E-state index contributed by atoms with van der Waals surface area (Å²) in [5.74, 6) is -0.000311. The maximum absolute atomic E-state index is 12.4. The number of sulfone groups is 1. The first-order valence-electron chi connectivity index (χ1n) is 6.66. The molecular weight excluding hydrogens is 296 g/mol. The Labute approximate surface area is 123 Å². The number of aromatic nitrogens is 1. The lowest BCUT2D eigenvalue weighted by Crippen LogP contribution is -2.44. The highest BCUT2D eigenvalue weighted by atomic mass is 32.2. The van der Waals surface area contributed by atoms with E-state index in [0.717, 1.165) is 23.5 Å². The largest absolute Gasteiger partial charge is 0.336 e. The molecule has 1 atom stereocenters. The predicted octanol–water partition coefficient (Wildman–Crippen LogP) is 1.42. The average molecular weight is 316 g/mol. The molecule has 0 radical (unpaired) electrons. The summed E-state index contributed by atoms with van der Waals surface area (Å²) in [5.41, 5.74) is 0.773. The Morgan fingerprint density at radius 3 is 2.65 bits per heavy atom. The Hall–Kier alpha value is -0.950. The van der Waals surface area contributed by atoms with Crippen molar-refractivity contribution in [2.24, 2.45) is 0 Å². The van der Waals surface area contributed by atoms with Crippen molar-refractivity contribution in [1.82, 2.24) is 9.88 Å². The third kappa shape index (κ3) is 4.28. The molecule has 112 valence electrons. The van der Waals surface area contributed by atoms with E-state index in [2.05, 4.69) is 4.98 Å². The van der Waals surface area contributed by atoms with E-state index >= 15 is 0 Å². The first-order chi connectivity index (χ1) is 9.26. The maximum atomic E-state index is 12.4. The summed E-state index contributed by atoms with van der Waals surface area (Å²) in [6.07, 6.45) is 3.41. The van der Waals surface area contributed by atoms with Gasteiger partial charge >= 0.3 is 0 Å². The molecule has 1 heterocycles. The van der Waals surface area contributed by atoms with E-state index < -0.39 is 9.84 Å². The van der Waals surface area contributed by atoms with Gasteiger partial charge in [0.15, 0.2) is 0 Å².